The molecule has 1 aromatic rings. The number of thiazole rings is 1. The zero-order valence-electron chi connectivity index (χ0n) is 11.6. The highest BCUT2D eigenvalue weighted by atomic mass is 32.1. The standard InChI is InChI=1S/C14H21N3OS/c1-10-12(19-9-16-10)8-17(2)13(18)11-7-14(11)3-5-15-6-4-14/h9,11,15H,3-8H2,1-2H3. The summed E-state index contributed by atoms with van der Waals surface area (Å²) in [6, 6.07) is 0. The number of aryl methyl sites for hydroxylation is 1. The third-order valence-corrected chi connectivity index (χ3v) is 5.61. The Morgan fingerprint density at radius 2 is 2.32 bits per heavy atom. The molecule has 1 unspecified atom stereocenters. The molecule has 1 atom stereocenters. The second-order valence-corrected chi connectivity index (χ2v) is 6.86. The number of carbonyl (C=O) groups is 1. The van der Waals surface area contributed by atoms with E-state index in [2.05, 4.69) is 10.3 Å². The number of aromatic nitrogens is 1. The number of hydrogen-bond acceptors (Lipinski definition) is 4. The van der Waals surface area contributed by atoms with Crippen LogP contribution in [0.3, 0.4) is 0 Å². The van der Waals surface area contributed by atoms with E-state index in [1.807, 2.05) is 24.4 Å². The number of nitrogens with one attached hydrogen (secondary N) is 1. The van der Waals surface area contributed by atoms with Crippen LogP contribution in [0.4, 0.5) is 0 Å². The van der Waals surface area contributed by atoms with Crippen LogP contribution in [-0.4, -0.2) is 35.9 Å². The number of carbonyl (C=O) groups excluding carboxylic acids is 1. The maximum Gasteiger partial charge on any atom is 0.226 e. The van der Waals surface area contributed by atoms with Crippen molar-refractivity contribution < 1.29 is 4.79 Å². The first-order chi connectivity index (χ1) is 9.12. The van der Waals surface area contributed by atoms with E-state index in [0.29, 0.717) is 17.9 Å². The Kier molecular flexibility index (Phi) is 3.35. The highest BCUT2D eigenvalue weighted by molar-refractivity contribution is 7.09. The van der Waals surface area contributed by atoms with Gasteiger partial charge in [-0.3, -0.25) is 4.79 Å². The van der Waals surface area contributed by atoms with Crippen molar-refractivity contribution in [2.45, 2.75) is 32.7 Å². The van der Waals surface area contributed by atoms with Crippen LogP contribution >= 0.6 is 11.3 Å². The number of nitrogens with zero attached hydrogens (tertiary/aromatic N) is 2. The Balaban J connectivity index is 1.60. The zero-order chi connectivity index (χ0) is 13.5. The van der Waals surface area contributed by atoms with Gasteiger partial charge in [-0.05, 0) is 44.7 Å². The summed E-state index contributed by atoms with van der Waals surface area (Å²) < 4.78 is 0. The molecule has 1 saturated heterocycles. The predicted octanol–water partition coefficient (Wildman–Crippen LogP) is 1.80. The van der Waals surface area contributed by atoms with Crippen molar-refractivity contribution in [1.82, 2.24) is 15.2 Å². The molecule has 1 aliphatic heterocycles. The first-order valence-electron chi connectivity index (χ1n) is 6.97. The SMILES string of the molecule is Cc1ncsc1CN(C)C(=O)C1CC12CCNCC2. The highest BCUT2D eigenvalue weighted by Gasteiger charge is 2.58. The number of hydrogen-bond donors (Lipinski definition) is 1. The van der Waals surface area contributed by atoms with E-state index in [4.69, 9.17) is 0 Å². The van der Waals surface area contributed by atoms with Crippen molar-refractivity contribution in [3.63, 3.8) is 0 Å². The van der Waals surface area contributed by atoms with Gasteiger partial charge >= 0.3 is 0 Å². The van der Waals surface area contributed by atoms with E-state index < -0.39 is 0 Å². The molecule has 2 heterocycles. The lowest BCUT2D eigenvalue weighted by atomic mass is 9.91. The predicted molar refractivity (Wildman–Crippen MR) is 76.0 cm³/mol. The van der Waals surface area contributed by atoms with Gasteiger partial charge in [0.2, 0.25) is 5.91 Å². The molecule has 1 saturated carbocycles. The van der Waals surface area contributed by atoms with Gasteiger partial charge in [0, 0.05) is 17.8 Å². The minimum Gasteiger partial charge on any atom is -0.340 e. The van der Waals surface area contributed by atoms with E-state index in [0.717, 1.165) is 38.0 Å². The Hall–Kier alpha value is -0.940. The molecule has 104 valence electrons. The molecule has 2 fully saturated rings. The quantitative estimate of drug-likeness (QED) is 0.917. The van der Waals surface area contributed by atoms with Gasteiger partial charge < -0.3 is 10.2 Å². The largest absolute Gasteiger partial charge is 0.340 e. The lowest BCUT2D eigenvalue weighted by Crippen LogP contribution is -2.34. The maximum absolute atomic E-state index is 12.5. The normalized spacial score (nSPS) is 24.4. The monoisotopic (exact) mass is 279 g/mol. The van der Waals surface area contributed by atoms with Gasteiger partial charge in [-0.25, -0.2) is 4.98 Å². The molecule has 1 amide bonds. The summed E-state index contributed by atoms with van der Waals surface area (Å²) in [6.07, 6.45) is 3.42. The van der Waals surface area contributed by atoms with Crippen LogP contribution in [-0.2, 0) is 11.3 Å². The van der Waals surface area contributed by atoms with Crippen LogP contribution in [0.15, 0.2) is 5.51 Å². The van der Waals surface area contributed by atoms with Gasteiger partial charge in [-0.2, -0.15) is 0 Å². The molecule has 0 bridgehead atoms. The summed E-state index contributed by atoms with van der Waals surface area (Å²) in [6.45, 7) is 4.86. The van der Waals surface area contributed by atoms with Gasteiger partial charge in [0.25, 0.3) is 0 Å². The van der Waals surface area contributed by atoms with Crippen molar-refractivity contribution in [1.29, 1.82) is 0 Å². The minimum atomic E-state index is 0.271. The van der Waals surface area contributed by atoms with Crippen LogP contribution in [0.25, 0.3) is 0 Å². The van der Waals surface area contributed by atoms with Crippen LogP contribution in [0.1, 0.15) is 29.8 Å². The number of piperidine rings is 1. The third-order valence-electron chi connectivity index (χ3n) is 4.69. The van der Waals surface area contributed by atoms with Crippen molar-refractivity contribution in [3.8, 4) is 0 Å². The van der Waals surface area contributed by atoms with E-state index in [1.165, 1.54) is 4.88 Å². The van der Waals surface area contributed by atoms with Crippen molar-refractivity contribution in [2.24, 2.45) is 11.3 Å². The fraction of sp³-hybridized carbons (Fsp3) is 0.714. The van der Waals surface area contributed by atoms with Crippen molar-refractivity contribution in [2.75, 3.05) is 20.1 Å². The van der Waals surface area contributed by atoms with Gasteiger partial charge in [-0.15, -0.1) is 11.3 Å². The average Bonchev–Trinajstić information content (AvgIpc) is 2.94. The van der Waals surface area contributed by atoms with E-state index in [9.17, 15) is 4.79 Å². The molecule has 1 spiro atoms. The van der Waals surface area contributed by atoms with E-state index in [1.54, 1.807) is 11.3 Å². The van der Waals surface area contributed by atoms with Crippen molar-refractivity contribution >= 4 is 17.2 Å². The molecule has 1 aromatic heterocycles. The van der Waals surface area contributed by atoms with Gasteiger partial charge in [0.05, 0.1) is 17.7 Å². The van der Waals surface area contributed by atoms with E-state index >= 15 is 0 Å². The number of rotatable bonds is 3. The summed E-state index contributed by atoms with van der Waals surface area (Å²) in [5.74, 6) is 0.600. The smallest absolute Gasteiger partial charge is 0.226 e. The van der Waals surface area contributed by atoms with Gasteiger partial charge in [0.15, 0.2) is 0 Å². The fourth-order valence-electron chi connectivity index (χ4n) is 3.21. The summed E-state index contributed by atoms with van der Waals surface area (Å²) >= 11 is 1.64. The van der Waals surface area contributed by atoms with Crippen LogP contribution in [0.2, 0.25) is 0 Å². The Morgan fingerprint density at radius 3 is 2.95 bits per heavy atom. The average molecular weight is 279 g/mol. The lowest BCUT2D eigenvalue weighted by Gasteiger charge is -2.25. The van der Waals surface area contributed by atoms with Gasteiger partial charge in [-0.1, -0.05) is 0 Å². The Bertz CT molecular complexity index is 479. The summed E-state index contributed by atoms with van der Waals surface area (Å²) in [5.41, 5.74) is 3.24. The second-order valence-electron chi connectivity index (χ2n) is 5.92. The molecule has 19 heavy (non-hydrogen) atoms. The first-order valence-corrected chi connectivity index (χ1v) is 7.85. The summed E-state index contributed by atoms with van der Waals surface area (Å²) in [5, 5.41) is 3.38. The molecule has 3 rings (SSSR count). The van der Waals surface area contributed by atoms with Gasteiger partial charge in [0.1, 0.15) is 0 Å². The molecular formula is C14H21N3OS. The van der Waals surface area contributed by atoms with Crippen LogP contribution in [0, 0.1) is 18.3 Å². The second kappa shape index (κ2) is 4.87. The molecule has 0 aromatic carbocycles. The molecule has 5 heteroatoms. The molecule has 4 nitrogen and oxygen atoms in total. The third kappa shape index (κ3) is 2.41. The molecule has 0 radical (unpaired) electrons. The molecule has 1 aliphatic carbocycles. The topological polar surface area (TPSA) is 45.2 Å². The maximum atomic E-state index is 12.5. The van der Waals surface area contributed by atoms with Crippen LogP contribution in [0.5, 0.6) is 0 Å². The van der Waals surface area contributed by atoms with Crippen LogP contribution < -0.4 is 5.32 Å². The Labute approximate surface area is 118 Å². The molecular weight excluding hydrogens is 258 g/mol. The Morgan fingerprint density at radius 1 is 1.58 bits per heavy atom. The summed E-state index contributed by atoms with van der Waals surface area (Å²) in [7, 11) is 1.93. The zero-order valence-corrected chi connectivity index (χ0v) is 12.4. The minimum absolute atomic E-state index is 0.271. The fourth-order valence-corrected chi connectivity index (χ4v) is 4.04. The molecule has 2 aliphatic rings. The number of amides is 1. The lowest BCUT2D eigenvalue weighted by molar-refractivity contribution is -0.132. The first kappa shape index (κ1) is 13.1. The summed E-state index contributed by atoms with van der Waals surface area (Å²) in [4.78, 5) is 19.8. The van der Waals surface area contributed by atoms with E-state index in [-0.39, 0.29) is 5.92 Å². The highest BCUT2D eigenvalue weighted by Crippen LogP contribution is 2.59. The van der Waals surface area contributed by atoms with Crippen molar-refractivity contribution in [3.05, 3.63) is 16.1 Å². The molecule has 1 N–H and O–H groups in total.